The van der Waals surface area contributed by atoms with E-state index >= 15 is 0 Å². The summed E-state index contributed by atoms with van der Waals surface area (Å²) in [5.74, 6) is -2.94. The van der Waals surface area contributed by atoms with Crippen molar-refractivity contribution in [2.24, 2.45) is 0 Å². The second-order valence-electron chi connectivity index (χ2n) is 1.84. The molecule has 0 aliphatic rings. The zero-order chi connectivity index (χ0) is 7.44. The Morgan fingerprint density at radius 1 is 1.40 bits per heavy atom. The number of carboxylic acid groups (broad SMARTS) is 2. The minimum atomic E-state index is -1.08. The van der Waals surface area contributed by atoms with E-state index < -0.39 is 17.8 Å². The van der Waals surface area contributed by atoms with Gasteiger partial charge in [-0.05, 0) is 0 Å². The van der Waals surface area contributed by atoms with Crippen LogP contribution in [0.2, 0.25) is 5.82 Å². The van der Waals surface area contributed by atoms with Gasteiger partial charge < -0.3 is 10.2 Å². The van der Waals surface area contributed by atoms with Crippen molar-refractivity contribution in [1.29, 1.82) is 0 Å². The molecule has 6 heteroatoms. The molecule has 0 aromatic carbocycles. The van der Waals surface area contributed by atoms with E-state index in [2.05, 4.69) is 0 Å². The molecular formula is C4H8BNaO4. The maximum atomic E-state index is 9.97. The van der Waals surface area contributed by atoms with Crippen LogP contribution < -0.4 is 0 Å². The summed E-state index contributed by atoms with van der Waals surface area (Å²) in [4.78, 5) is 19.8. The normalized spacial score (nSPS) is 11.2. The van der Waals surface area contributed by atoms with Gasteiger partial charge in [-0.25, -0.2) is 0 Å². The Bertz CT molecular complexity index is 137. The molecule has 0 aliphatic heterocycles. The SMILES string of the molecule is BC(CC(=O)O)C(=O)O.[NaH]. The summed E-state index contributed by atoms with van der Waals surface area (Å²) < 4.78 is 0. The van der Waals surface area contributed by atoms with Gasteiger partial charge >= 0.3 is 35.5 Å². The summed E-state index contributed by atoms with van der Waals surface area (Å²) in [5.41, 5.74) is 0. The van der Waals surface area contributed by atoms with Gasteiger partial charge in [-0.3, -0.25) is 9.59 Å². The molecule has 0 spiro atoms. The third-order valence-corrected chi connectivity index (χ3v) is 0.902. The van der Waals surface area contributed by atoms with E-state index in [1.165, 1.54) is 7.85 Å². The van der Waals surface area contributed by atoms with Crippen molar-refractivity contribution in [3.05, 3.63) is 0 Å². The molecule has 1 atom stereocenters. The van der Waals surface area contributed by atoms with Crippen LogP contribution >= 0.6 is 0 Å². The van der Waals surface area contributed by atoms with Crippen molar-refractivity contribution < 1.29 is 19.8 Å². The summed E-state index contributed by atoms with van der Waals surface area (Å²) in [6.45, 7) is 0. The summed E-state index contributed by atoms with van der Waals surface area (Å²) in [6.07, 6.45) is -0.310. The Labute approximate surface area is 81.3 Å². The van der Waals surface area contributed by atoms with Gasteiger partial charge in [0, 0.05) is 5.82 Å². The predicted molar refractivity (Wildman–Crippen MR) is 39.3 cm³/mol. The Hall–Kier alpha value is 0.00494. The van der Waals surface area contributed by atoms with Gasteiger partial charge in [-0.1, -0.05) is 0 Å². The van der Waals surface area contributed by atoms with Gasteiger partial charge in [0.1, 0.15) is 7.85 Å². The number of hydrogen-bond donors (Lipinski definition) is 2. The maximum absolute atomic E-state index is 9.97. The quantitative estimate of drug-likeness (QED) is 0.476. The Morgan fingerprint density at radius 3 is 1.90 bits per heavy atom. The standard InChI is InChI=1S/C4H7BO4.Na.H/c5-2(4(8)9)1-3(6)7;;/h2H,1,5H2,(H,6,7)(H,8,9);;. The summed E-state index contributed by atoms with van der Waals surface area (Å²) >= 11 is 0. The average molecular weight is 154 g/mol. The third-order valence-electron chi connectivity index (χ3n) is 0.902. The molecule has 0 bridgehead atoms. The first-order chi connectivity index (χ1) is 4.04. The molecule has 0 heterocycles. The van der Waals surface area contributed by atoms with Crippen LogP contribution in [0.25, 0.3) is 0 Å². The summed E-state index contributed by atoms with van der Waals surface area (Å²) in [5, 5.41) is 16.2. The molecule has 10 heavy (non-hydrogen) atoms. The molecule has 0 rings (SSSR count). The molecule has 0 saturated carbocycles. The van der Waals surface area contributed by atoms with Crippen molar-refractivity contribution >= 4 is 49.3 Å². The van der Waals surface area contributed by atoms with Crippen molar-refractivity contribution in [1.82, 2.24) is 0 Å². The molecule has 0 aliphatic carbocycles. The van der Waals surface area contributed by atoms with Gasteiger partial charge in [-0.2, -0.15) is 0 Å². The molecule has 1 unspecified atom stereocenters. The van der Waals surface area contributed by atoms with Crippen LogP contribution in [0.15, 0.2) is 0 Å². The minimum absolute atomic E-state index is 0. The van der Waals surface area contributed by atoms with Crippen molar-refractivity contribution in [3.8, 4) is 0 Å². The first-order valence-electron chi connectivity index (χ1n) is 2.48. The number of carboxylic acids is 2. The zero-order valence-corrected chi connectivity index (χ0v) is 5.00. The van der Waals surface area contributed by atoms with Crippen LogP contribution in [0.3, 0.4) is 0 Å². The van der Waals surface area contributed by atoms with Gasteiger partial charge in [0.15, 0.2) is 0 Å². The molecule has 0 radical (unpaired) electrons. The number of carbonyl (C=O) groups is 2. The molecule has 0 amide bonds. The summed E-state index contributed by atoms with van der Waals surface area (Å²) in [6, 6.07) is 0. The van der Waals surface area contributed by atoms with Crippen LogP contribution in [0.5, 0.6) is 0 Å². The van der Waals surface area contributed by atoms with Crippen LogP contribution in [0.1, 0.15) is 6.42 Å². The Balaban J connectivity index is 0. The second kappa shape index (κ2) is 5.76. The second-order valence-corrected chi connectivity index (χ2v) is 1.84. The first-order valence-corrected chi connectivity index (χ1v) is 2.48. The fraction of sp³-hybridized carbons (Fsp3) is 0.500. The van der Waals surface area contributed by atoms with Crippen molar-refractivity contribution in [2.45, 2.75) is 12.2 Å². The van der Waals surface area contributed by atoms with E-state index in [0.29, 0.717) is 0 Å². The van der Waals surface area contributed by atoms with E-state index in [-0.39, 0.29) is 36.0 Å². The molecule has 0 aromatic heterocycles. The van der Waals surface area contributed by atoms with Gasteiger partial charge in [-0.15, -0.1) is 0 Å². The fourth-order valence-electron chi connectivity index (χ4n) is 0.349. The van der Waals surface area contributed by atoms with E-state index in [4.69, 9.17) is 10.2 Å². The number of rotatable bonds is 3. The van der Waals surface area contributed by atoms with Crippen LogP contribution in [0.4, 0.5) is 0 Å². The molecule has 2 N–H and O–H groups in total. The van der Waals surface area contributed by atoms with Gasteiger partial charge in [0.2, 0.25) is 0 Å². The Kier molecular flexibility index (Phi) is 7.30. The third kappa shape index (κ3) is 6.13. The van der Waals surface area contributed by atoms with E-state index in [1.54, 1.807) is 0 Å². The summed E-state index contributed by atoms with van der Waals surface area (Å²) in [7, 11) is 1.36. The molecule has 0 fully saturated rings. The average Bonchev–Trinajstić information content (AvgIpc) is 1.63. The first kappa shape index (κ1) is 12.7. The van der Waals surface area contributed by atoms with Crippen LogP contribution in [-0.2, 0) is 9.59 Å². The van der Waals surface area contributed by atoms with Gasteiger partial charge in [0.25, 0.3) is 5.97 Å². The van der Waals surface area contributed by atoms with Crippen molar-refractivity contribution in [3.63, 3.8) is 0 Å². The van der Waals surface area contributed by atoms with E-state index in [1.807, 2.05) is 0 Å². The molecular weight excluding hydrogens is 146 g/mol. The molecule has 52 valence electrons. The molecule has 0 aromatic rings. The predicted octanol–water partition coefficient (Wildman–Crippen LogP) is -1.68. The topological polar surface area (TPSA) is 74.6 Å². The van der Waals surface area contributed by atoms with Crippen LogP contribution in [-0.4, -0.2) is 59.6 Å². The molecule has 0 saturated heterocycles. The van der Waals surface area contributed by atoms with Crippen molar-refractivity contribution in [2.75, 3.05) is 0 Å². The number of hydrogen-bond acceptors (Lipinski definition) is 2. The Morgan fingerprint density at radius 2 is 1.80 bits per heavy atom. The van der Waals surface area contributed by atoms with Crippen LogP contribution in [0, 0.1) is 0 Å². The monoisotopic (exact) mass is 154 g/mol. The van der Waals surface area contributed by atoms with E-state index in [0.717, 1.165) is 0 Å². The van der Waals surface area contributed by atoms with Gasteiger partial charge in [0.05, 0.1) is 6.42 Å². The fourth-order valence-corrected chi connectivity index (χ4v) is 0.349. The number of aliphatic carboxylic acids is 2. The zero-order valence-electron chi connectivity index (χ0n) is 5.00. The molecule has 4 nitrogen and oxygen atoms in total. The van der Waals surface area contributed by atoms with E-state index in [9.17, 15) is 9.59 Å².